The van der Waals surface area contributed by atoms with E-state index in [2.05, 4.69) is 46.3 Å². The van der Waals surface area contributed by atoms with Crippen LogP contribution in [-0.4, -0.2) is 112 Å². The number of β-amino-alcohol motifs (C(OH)–C–C–N with tert-alkyl or cyclic N) is 1. The maximum atomic E-state index is 14.0. The van der Waals surface area contributed by atoms with Gasteiger partial charge in [0.15, 0.2) is 5.82 Å². The number of hydrazone groups is 1. The molecule has 17 nitrogen and oxygen atoms in total. The van der Waals surface area contributed by atoms with Crippen LogP contribution in [0.3, 0.4) is 0 Å². The average molecular weight is 1000 g/mol. The Morgan fingerprint density at radius 3 is 2.33 bits per heavy atom. The van der Waals surface area contributed by atoms with E-state index in [0.29, 0.717) is 70.1 Å². The molecule has 0 unspecified atom stereocenters. The Hall–Kier alpha value is -6.76. The quantitative estimate of drug-likeness (QED) is 0.0265. The number of thiazole rings is 1. The van der Waals surface area contributed by atoms with Crippen LogP contribution in [0.1, 0.15) is 93.7 Å². The van der Waals surface area contributed by atoms with Crippen molar-refractivity contribution in [2.45, 2.75) is 111 Å². The van der Waals surface area contributed by atoms with Gasteiger partial charge in [-0.05, 0) is 66.5 Å². The Bertz CT molecular complexity index is 2630. The Morgan fingerprint density at radius 2 is 1.64 bits per heavy atom. The third kappa shape index (κ3) is 15.6. The molecule has 382 valence electrons. The summed E-state index contributed by atoms with van der Waals surface area (Å²) in [6.45, 7) is 12.9. The van der Waals surface area contributed by atoms with Crippen molar-refractivity contribution in [3.05, 3.63) is 112 Å². The van der Waals surface area contributed by atoms with Crippen LogP contribution in [-0.2, 0) is 36.9 Å². The summed E-state index contributed by atoms with van der Waals surface area (Å²) in [5.41, 5.74) is 11.0. The molecule has 5 aromatic rings. The first-order chi connectivity index (χ1) is 34.7. The minimum Gasteiger partial charge on any atom is -0.463 e. The highest BCUT2D eigenvalue weighted by molar-refractivity contribution is 7.13. The smallest absolute Gasteiger partial charge is 0.320 e. The minimum absolute atomic E-state index is 0.00596. The Balaban J connectivity index is 0.797. The summed E-state index contributed by atoms with van der Waals surface area (Å²) in [7, 11) is 0. The number of unbranched alkanes of at least 4 members (excludes halogenated alkanes) is 3. The molecular weight excluding hydrogens is 933 g/mol. The first-order valence-corrected chi connectivity index (χ1v) is 25.7. The van der Waals surface area contributed by atoms with Gasteiger partial charge < -0.3 is 40.3 Å². The molecule has 3 aromatic carbocycles. The number of benzene rings is 3. The van der Waals surface area contributed by atoms with Crippen LogP contribution in [0.4, 0.5) is 17.3 Å². The Morgan fingerprint density at radius 1 is 0.917 bits per heavy atom. The zero-order valence-corrected chi connectivity index (χ0v) is 42.8. The lowest BCUT2D eigenvalue weighted by Gasteiger charge is -2.35. The summed E-state index contributed by atoms with van der Waals surface area (Å²) >= 11 is 1.58. The zero-order chi connectivity index (χ0) is 51.0. The number of likely N-dealkylation sites (tertiary alicyclic amines) is 1. The Kier molecular flexibility index (Phi) is 18.8. The summed E-state index contributed by atoms with van der Waals surface area (Å²) < 4.78 is 11.6. The second-order valence-corrected chi connectivity index (χ2v) is 20.3. The average Bonchev–Trinajstić information content (AvgIpc) is 3.99. The molecule has 2 aliphatic rings. The van der Waals surface area contributed by atoms with Gasteiger partial charge in [0.25, 0.3) is 0 Å². The largest absolute Gasteiger partial charge is 0.463 e. The summed E-state index contributed by atoms with van der Waals surface area (Å²) in [6, 6.07) is 23.9. The molecule has 0 aliphatic carbocycles. The van der Waals surface area contributed by atoms with E-state index < -0.39 is 29.5 Å². The molecule has 3 atom stereocenters. The number of morpholine rings is 1. The number of aromatic nitrogens is 3. The number of aliphatic hydroxyl groups is 1. The van der Waals surface area contributed by atoms with E-state index in [1.165, 1.54) is 4.90 Å². The SMILES string of the molecule is Cc1cccc(/C=N/Nc2cc(N3CCOCC3)nc(OCCc3ccc(NC(=O)CCCCCCC(=O)N[C@H](C(=O)N4C[C@H](O)C[C@H]4C(=O)NCc4ccc(-c5scnc5C)cc4)C(C)(C)C)cc3)n2)c1. The van der Waals surface area contributed by atoms with Crippen molar-refractivity contribution in [3.63, 3.8) is 0 Å². The topological polar surface area (TPSA) is 213 Å². The molecule has 5 N–H and O–H groups in total. The molecule has 7 rings (SSSR count). The highest BCUT2D eigenvalue weighted by atomic mass is 32.1. The van der Waals surface area contributed by atoms with Crippen molar-refractivity contribution >= 4 is 58.5 Å². The summed E-state index contributed by atoms with van der Waals surface area (Å²) in [6.07, 6.45) is 4.92. The molecule has 72 heavy (non-hydrogen) atoms. The van der Waals surface area contributed by atoms with E-state index in [0.717, 1.165) is 57.0 Å². The molecule has 18 heteroatoms. The number of ether oxygens (including phenoxy) is 2. The second-order valence-electron chi connectivity index (χ2n) is 19.5. The van der Waals surface area contributed by atoms with Crippen LogP contribution in [0, 0.1) is 19.3 Å². The van der Waals surface area contributed by atoms with E-state index in [-0.39, 0.29) is 49.7 Å². The number of nitrogens with zero attached hydrogens (tertiary/aromatic N) is 6. The number of anilines is 3. The van der Waals surface area contributed by atoms with Crippen LogP contribution >= 0.6 is 11.3 Å². The van der Waals surface area contributed by atoms with Crippen molar-refractivity contribution in [1.82, 2.24) is 30.5 Å². The van der Waals surface area contributed by atoms with Crippen LogP contribution in [0.5, 0.6) is 6.01 Å². The van der Waals surface area contributed by atoms with E-state index in [9.17, 15) is 24.3 Å². The van der Waals surface area contributed by atoms with Gasteiger partial charge in [0.2, 0.25) is 23.6 Å². The monoisotopic (exact) mass is 1000 g/mol. The molecule has 0 saturated carbocycles. The number of hydrogen-bond acceptors (Lipinski definition) is 14. The summed E-state index contributed by atoms with van der Waals surface area (Å²) in [5, 5.41) is 23.8. The fraction of sp³-hybridized carbons (Fsp3) is 0.444. The van der Waals surface area contributed by atoms with Gasteiger partial charge in [0.1, 0.15) is 17.9 Å². The molecule has 2 saturated heterocycles. The lowest BCUT2D eigenvalue weighted by atomic mass is 9.85. The third-order valence-corrected chi connectivity index (χ3v) is 13.6. The van der Waals surface area contributed by atoms with Gasteiger partial charge in [-0.3, -0.25) is 24.6 Å². The lowest BCUT2D eigenvalue weighted by Crippen LogP contribution is -2.57. The van der Waals surface area contributed by atoms with Crippen molar-refractivity contribution in [3.8, 4) is 16.5 Å². The van der Waals surface area contributed by atoms with Gasteiger partial charge in [-0.2, -0.15) is 15.1 Å². The fourth-order valence-corrected chi connectivity index (χ4v) is 9.40. The third-order valence-electron chi connectivity index (χ3n) is 12.6. The summed E-state index contributed by atoms with van der Waals surface area (Å²) in [4.78, 5) is 71.7. The molecule has 2 aromatic heterocycles. The van der Waals surface area contributed by atoms with E-state index in [1.54, 1.807) is 17.6 Å². The molecule has 2 fully saturated rings. The minimum atomic E-state index is -0.898. The molecule has 4 amide bonds. The van der Waals surface area contributed by atoms with Crippen molar-refractivity contribution in [2.75, 3.05) is 55.1 Å². The first kappa shape index (κ1) is 53.0. The fourth-order valence-electron chi connectivity index (χ4n) is 8.59. The zero-order valence-electron chi connectivity index (χ0n) is 42.0. The number of aryl methyl sites for hydroxylation is 2. The molecule has 4 heterocycles. The predicted octanol–water partition coefficient (Wildman–Crippen LogP) is 7.21. The number of aliphatic hydroxyl groups excluding tert-OH is 1. The standard InChI is InChI=1S/C54H68N10O7S/c1-36-11-10-12-40(29-36)33-57-62-45-31-46(63-24-27-70-28-25-63)60-53(59-45)71-26-23-38-17-21-42(22-18-38)58-47(66)13-8-6-7-9-14-48(67)61-50(54(3,4)5)52(69)64-34-43(65)30-44(64)51(68)55-32-39-15-19-41(20-16-39)49-37(2)56-35-72-49/h10-12,15-22,29,31,33,35,43-44,50,65H,6-9,13-14,23-28,30,32,34H2,1-5H3,(H,55,68)(H,58,66)(H,61,67)(H,59,60,62)/b57-33+/t43-,44+,50-/m1/s1. The van der Waals surface area contributed by atoms with Gasteiger partial charge in [-0.15, -0.1) is 11.3 Å². The number of hydrogen-bond donors (Lipinski definition) is 5. The van der Waals surface area contributed by atoms with E-state index in [1.807, 2.05) is 119 Å². The van der Waals surface area contributed by atoms with Gasteiger partial charge in [0.05, 0.1) is 48.2 Å². The number of carbonyl (C=O) groups excluding carboxylic acids is 4. The van der Waals surface area contributed by atoms with Gasteiger partial charge in [0, 0.05) is 63.6 Å². The maximum Gasteiger partial charge on any atom is 0.320 e. The van der Waals surface area contributed by atoms with Crippen molar-refractivity contribution in [1.29, 1.82) is 0 Å². The van der Waals surface area contributed by atoms with Crippen LogP contribution < -0.4 is 31.0 Å². The van der Waals surface area contributed by atoms with E-state index in [4.69, 9.17) is 9.47 Å². The molecule has 0 spiro atoms. The molecule has 0 radical (unpaired) electrons. The summed E-state index contributed by atoms with van der Waals surface area (Å²) in [5.74, 6) is 0.152. The number of nitrogens with one attached hydrogen (secondary N) is 4. The van der Waals surface area contributed by atoms with Crippen LogP contribution in [0.2, 0.25) is 0 Å². The molecule has 0 bridgehead atoms. The number of amides is 4. The van der Waals surface area contributed by atoms with Gasteiger partial charge in [-0.25, -0.2) is 4.98 Å². The maximum absolute atomic E-state index is 14.0. The number of carbonyl (C=O) groups is 4. The predicted molar refractivity (Wildman–Crippen MR) is 281 cm³/mol. The highest BCUT2D eigenvalue weighted by Gasteiger charge is 2.44. The highest BCUT2D eigenvalue weighted by Crippen LogP contribution is 2.29. The van der Waals surface area contributed by atoms with Crippen LogP contribution in [0.25, 0.3) is 10.4 Å². The van der Waals surface area contributed by atoms with Gasteiger partial charge in [-0.1, -0.05) is 99.8 Å². The van der Waals surface area contributed by atoms with Crippen molar-refractivity contribution in [2.24, 2.45) is 10.5 Å². The van der Waals surface area contributed by atoms with Crippen LogP contribution in [0.15, 0.2) is 89.5 Å². The number of rotatable bonds is 22. The molecular formula is C54H68N10O7S. The first-order valence-electron chi connectivity index (χ1n) is 24.8. The van der Waals surface area contributed by atoms with Gasteiger partial charge >= 0.3 is 6.01 Å². The Labute approximate surface area is 426 Å². The second kappa shape index (κ2) is 25.6. The van der Waals surface area contributed by atoms with E-state index >= 15 is 0 Å². The lowest BCUT2D eigenvalue weighted by molar-refractivity contribution is -0.144. The molecule has 2 aliphatic heterocycles. The normalized spacial score (nSPS) is 16.4. The van der Waals surface area contributed by atoms with Crippen molar-refractivity contribution < 1.29 is 33.8 Å².